The van der Waals surface area contributed by atoms with Crippen LogP contribution in [0.25, 0.3) is 0 Å². The van der Waals surface area contributed by atoms with E-state index in [0.29, 0.717) is 0 Å². The van der Waals surface area contributed by atoms with E-state index >= 15 is 0 Å². The van der Waals surface area contributed by atoms with Gasteiger partial charge in [-0.2, -0.15) is 8.42 Å². The Labute approximate surface area is 80.0 Å². The fourth-order valence-corrected chi connectivity index (χ4v) is 2.11. The van der Waals surface area contributed by atoms with Gasteiger partial charge in [0.05, 0.1) is 12.4 Å². The third-order valence-corrected chi connectivity index (χ3v) is 3.13. The van der Waals surface area contributed by atoms with Crippen LogP contribution in [-0.2, 0) is 14.3 Å². The smallest absolute Gasteiger partial charge is 0.264 e. The van der Waals surface area contributed by atoms with Gasteiger partial charge < -0.3 is 0 Å². The van der Waals surface area contributed by atoms with Gasteiger partial charge in [-0.25, -0.2) is 0 Å². The Morgan fingerprint density at radius 1 is 1.31 bits per heavy atom. The fraction of sp³-hybridized carbons (Fsp3) is 1.00. The van der Waals surface area contributed by atoms with E-state index in [2.05, 4.69) is 4.90 Å². The summed E-state index contributed by atoms with van der Waals surface area (Å²) < 4.78 is 26.6. The van der Waals surface area contributed by atoms with Gasteiger partial charge in [0.2, 0.25) is 0 Å². The second-order valence-electron chi connectivity index (χ2n) is 3.64. The fourth-order valence-electron chi connectivity index (χ4n) is 1.40. The zero-order chi connectivity index (χ0) is 10.1. The van der Waals surface area contributed by atoms with Crippen molar-refractivity contribution in [2.75, 3.05) is 19.3 Å². The molecule has 78 valence electrons. The lowest BCUT2D eigenvalue weighted by Crippen LogP contribution is -2.49. The van der Waals surface area contributed by atoms with Crippen LogP contribution in [0.5, 0.6) is 0 Å². The highest BCUT2D eigenvalue weighted by atomic mass is 32.2. The average molecular weight is 207 g/mol. The van der Waals surface area contributed by atoms with Crippen molar-refractivity contribution in [3.63, 3.8) is 0 Å². The van der Waals surface area contributed by atoms with Gasteiger partial charge in [-0.3, -0.25) is 9.08 Å². The lowest BCUT2D eigenvalue weighted by Gasteiger charge is -2.38. The molecule has 2 atom stereocenters. The van der Waals surface area contributed by atoms with Crippen LogP contribution in [0.2, 0.25) is 0 Å². The van der Waals surface area contributed by atoms with E-state index < -0.39 is 10.1 Å². The molecule has 0 aromatic heterocycles. The zero-order valence-corrected chi connectivity index (χ0v) is 9.17. The topological polar surface area (TPSA) is 46.6 Å². The van der Waals surface area contributed by atoms with Crippen molar-refractivity contribution in [1.29, 1.82) is 0 Å². The first-order chi connectivity index (χ1) is 5.90. The Balaban J connectivity index is 2.42. The molecule has 0 amide bonds. The van der Waals surface area contributed by atoms with Crippen molar-refractivity contribution in [3.8, 4) is 0 Å². The van der Waals surface area contributed by atoms with Crippen LogP contribution in [0, 0.1) is 0 Å². The molecular weight excluding hydrogens is 190 g/mol. The normalized spacial score (nSPS) is 23.6. The van der Waals surface area contributed by atoms with E-state index in [1.165, 1.54) is 6.42 Å². The summed E-state index contributed by atoms with van der Waals surface area (Å²) in [5.74, 6) is 0. The molecule has 13 heavy (non-hydrogen) atoms. The van der Waals surface area contributed by atoms with E-state index in [1.807, 2.05) is 6.92 Å². The molecule has 1 heterocycles. The lowest BCUT2D eigenvalue weighted by molar-refractivity contribution is 0.0508. The molecule has 0 radical (unpaired) electrons. The van der Waals surface area contributed by atoms with Gasteiger partial charge >= 0.3 is 0 Å². The largest absolute Gasteiger partial charge is 0.298 e. The molecular formula is C8H17NO3S. The molecule has 0 unspecified atom stereocenters. The van der Waals surface area contributed by atoms with Crippen molar-refractivity contribution < 1.29 is 12.6 Å². The van der Waals surface area contributed by atoms with Crippen molar-refractivity contribution in [2.24, 2.45) is 0 Å². The minimum Gasteiger partial charge on any atom is -0.298 e. The molecule has 0 saturated carbocycles. The molecule has 1 aliphatic heterocycles. The van der Waals surface area contributed by atoms with Crippen molar-refractivity contribution in [1.82, 2.24) is 4.90 Å². The third kappa shape index (κ3) is 3.25. The van der Waals surface area contributed by atoms with E-state index in [-0.39, 0.29) is 12.1 Å². The standard InChI is InChI=1S/C8H17NO3S/c1-7(9-5-4-6-9)8(2)12-13(3,10)11/h7-8H,4-6H2,1-3H3/t7-,8-/m0/s1. The van der Waals surface area contributed by atoms with Crippen LogP contribution in [-0.4, -0.2) is 44.8 Å². The SMILES string of the molecule is C[C@H](OS(C)(=O)=O)[C@H](C)N1CCC1. The second kappa shape index (κ2) is 3.94. The van der Waals surface area contributed by atoms with Gasteiger partial charge in [0.1, 0.15) is 0 Å². The van der Waals surface area contributed by atoms with Gasteiger partial charge in [-0.15, -0.1) is 0 Å². The number of hydrogen-bond donors (Lipinski definition) is 0. The van der Waals surface area contributed by atoms with Crippen LogP contribution >= 0.6 is 0 Å². The summed E-state index contributed by atoms with van der Waals surface area (Å²) >= 11 is 0. The summed E-state index contributed by atoms with van der Waals surface area (Å²) in [6.45, 7) is 5.90. The van der Waals surface area contributed by atoms with Crippen molar-refractivity contribution in [2.45, 2.75) is 32.4 Å². The summed E-state index contributed by atoms with van der Waals surface area (Å²) in [7, 11) is -3.31. The first-order valence-electron chi connectivity index (χ1n) is 4.52. The summed E-state index contributed by atoms with van der Waals surface area (Å²) in [4.78, 5) is 2.22. The molecule has 0 aromatic carbocycles. The summed E-state index contributed by atoms with van der Waals surface area (Å²) in [5, 5.41) is 0. The van der Waals surface area contributed by atoms with E-state index in [4.69, 9.17) is 4.18 Å². The first-order valence-corrected chi connectivity index (χ1v) is 6.34. The zero-order valence-electron chi connectivity index (χ0n) is 8.36. The van der Waals surface area contributed by atoms with Crippen LogP contribution in [0.1, 0.15) is 20.3 Å². The third-order valence-electron chi connectivity index (χ3n) is 2.47. The Kier molecular flexibility index (Phi) is 3.32. The van der Waals surface area contributed by atoms with Crippen molar-refractivity contribution >= 4 is 10.1 Å². The summed E-state index contributed by atoms with van der Waals surface area (Å²) in [5.41, 5.74) is 0. The molecule has 1 saturated heterocycles. The molecule has 4 nitrogen and oxygen atoms in total. The maximum atomic E-state index is 10.8. The summed E-state index contributed by atoms with van der Waals surface area (Å²) in [6.07, 6.45) is 2.04. The molecule has 0 aliphatic carbocycles. The van der Waals surface area contributed by atoms with Gasteiger partial charge in [0.15, 0.2) is 0 Å². The van der Waals surface area contributed by atoms with Crippen LogP contribution in [0.4, 0.5) is 0 Å². The molecule has 0 bridgehead atoms. The summed E-state index contributed by atoms with van der Waals surface area (Å²) in [6, 6.07) is 0.184. The lowest BCUT2D eigenvalue weighted by atomic mass is 10.1. The number of hydrogen-bond acceptors (Lipinski definition) is 4. The average Bonchev–Trinajstić information content (AvgIpc) is 1.78. The van der Waals surface area contributed by atoms with E-state index in [9.17, 15) is 8.42 Å². The highest BCUT2D eigenvalue weighted by molar-refractivity contribution is 7.86. The van der Waals surface area contributed by atoms with E-state index in [0.717, 1.165) is 19.3 Å². The first kappa shape index (κ1) is 10.9. The van der Waals surface area contributed by atoms with Gasteiger partial charge in [0.25, 0.3) is 10.1 Å². The van der Waals surface area contributed by atoms with Gasteiger partial charge in [0, 0.05) is 6.04 Å². The highest BCUT2D eigenvalue weighted by Crippen LogP contribution is 2.16. The number of rotatable bonds is 4. The van der Waals surface area contributed by atoms with Crippen LogP contribution in [0.3, 0.4) is 0 Å². The Morgan fingerprint density at radius 2 is 1.85 bits per heavy atom. The quantitative estimate of drug-likeness (QED) is 0.628. The molecule has 0 N–H and O–H groups in total. The molecule has 0 spiro atoms. The maximum absolute atomic E-state index is 10.8. The predicted molar refractivity (Wildman–Crippen MR) is 51.0 cm³/mol. The number of nitrogens with zero attached hydrogens (tertiary/aromatic N) is 1. The van der Waals surface area contributed by atoms with Gasteiger partial charge in [-0.05, 0) is 33.4 Å². The second-order valence-corrected chi connectivity index (χ2v) is 5.24. The Hall–Kier alpha value is -0.130. The molecule has 5 heteroatoms. The minimum atomic E-state index is -3.31. The molecule has 1 aliphatic rings. The van der Waals surface area contributed by atoms with E-state index in [1.54, 1.807) is 6.92 Å². The molecule has 1 fully saturated rings. The Bertz CT molecular complexity index is 259. The van der Waals surface area contributed by atoms with Crippen LogP contribution in [0.15, 0.2) is 0 Å². The maximum Gasteiger partial charge on any atom is 0.264 e. The minimum absolute atomic E-state index is 0.184. The highest BCUT2D eigenvalue weighted by Gasteiger charge is 2.27. The number of likely N-dealkylation sites (tertiary alicyclic amines) is 1. The van der Waals surface area contributed by atoms with Crippen LogP contribution < -0.4 is 0 Å². The monoisotopic (exact) mass is 207 g/mol. The molecule has 1 rings (SSSR count). The Morgan fingerprint density at radius 3 is 2.15 bits per heavy atom. The van der Waals surface area contributed by atoms with Gasteiger partial charge in [-0.1, -0.05) is 0 Å². The van der Waals surface area contributed by atoms with Crippen molar-refractivity contribution in [3.05, 3.63) is 0 Å². The molecule has 0 aromatic rings. The predicted octanol–water partition coefficient (Wildman–Crippen LogP) is 0.445.